The molecule has 0 saturated heterocycles. The largest absolute Gasteiger partial charge is 0.397 e. The van der Waals surface area contributed by atoms with Gasteiger partial charge in [-0.2, -0.15) is 11.8 Å². The van der Waals surface area contributed by atoms with Crippen LogP contribution in [0.1, 0.15) is 6.92 Å². The molecular formula is C10H17N3S. The highest BCUT2D eigenvalue weighted by Crippen LogP contribution is 2.08. The molecule has 0 aromatic carbocycles. The molecule has 0 saturated carbocycles. The Balaban J connectivity index is 2.34. The van der Waals surface area contributed by atoms with Gasteiger partial charge >= 0.3 is 0 Å². The number of rotatable bonds is 5. The maximum atomic E-state index is 5.54. The first-order valence-corrected chi connectivity index (χ1v) is 6.06. The van der Waals surface area contributed by atoms with Crippen molar-refractivity contribution < 1.29 is 0 Å². The van der Waals surface area contributed by atoms with Crippen LogP contribution in [0.25, 0.3) is 0 Å². The van der Waals surface area contributed by atoms with Crippen LogP contribution in [0.3, 0.4) is 0 Å². The van der Waals surface area contributed by atoms with Gasteiger partial charge in [0, 0.05) is 6.54 Å². The fourth-order valence-corrected chi connectivity index (χ4v) is 1.82. The molecule has 1 unspecified atom stereocenters. The van der Waals surface area contributed by atoms with Gasteiger partial charge in [0.1, 0.15) is 5.82 Å². The third kappa shape index (κ3) is 3.87. The predicted octanol–water partition coefficient (Wildman–Crippen LogP) is 2.07. The average molecular weight is 211 g/mol. The second kappa shape index (κ2) is 5.75. The summed E-state index contributed by atoms with van der Waals surface area (Å²) in [5, 5.41) is 3.28. The molecule has 1 aromatic heterocycles. The molecule has 1 rings (SSSR count). The second-order valence-corrected chi connectivity index (χ2v) is 4.33. The van der Waals surface area contributed by atoms with E-state index in [2.05, 4.69) is 23.5 Å². The average Bonchev–Trinajstić information content (AvgIpc) is 2.17. The summed E-state index contributed by atoms with van der Waals surface area (Å²) in [6.45, 7) is 3.18. The third-order valence-corrected chi connectivity index (χ3v) is 2.77. The maximum Gasteiger partial charge on any atom is 0.126 e. The number of pyridine rings is 1. The molecule has 78 valence electrons. The van der Waals surface area contributed by atoms with Crippen LogP contribution in [-0.2, 0) is 0 Å². The van der Waals surface area contributed by atoms with E-state index >= 15 is 0 Å². The highest BCUT2D eigenvalue weighted by Gasteiger charge is 2.00. The molecular weight excluding hydrogens is 194 g/mol. The molecule has 1 heterocycles. The van der Waals surface area contributed by atoms with E-state index in [4.69, 9.17) is 5.73 Å². The van der Waals surface area contributed by atoms with E-state index in [0.717, 1.165) is 12.4 Å². The Hall–Kier alpha value is -0.900. The number of nitrogen functional groups attached to an aromatic ring is 1. The highest BCUT2D eigenvalue weighted by molar-refractivity contribution is 7.98. The summed E-state index contributed by atoms with van der Waals surface area (Å²) in [6.07, 6.45) is 3.79. The Morgan fingerprint density at radius 3 is 2.93 bits per heavy atom. The lowest BCUT2D eigenvalue weighted by molar-refractivity contribution is 0.699. The number of nitrogens with zero attached hydrogens (tertiary/aromatic N) is 1. The van der Waals surface area contributed by atoms with Gasteiger partial charge in [0.15, 0.2) is 0 Å². The summed E-state index contributed by atoms with van der Waals surface area (Å²) < 4.78 is 0. The highest BCUT2D eigenvalue weighted by atomic mass is 32.2. The minimum atomic E-state index is 0.657. The smallest absolute Gasteiger partial charge is 0.126 e. The molecule has 3 N–H and O–H groups in total. The van der Waals surface area contributed by atoms with Gasteiger partial charge in [-0.05, 0) is 30.1 Å². The molecule has 1 atom stereocenters. The Kier molecular flexibility index (Phi) is 4.59. The van der Waals surface area contributed by atoms with Gasteiger partial charge < -0.3 is 11.1 Å². The summed E-state index contributed by atoms with van der Waals surface area (Å²) in [6, 6.07) is 3.76. The molecule has 0 aliphatic rings. The molecule has 0 bridgehead atoms. The lowest BCUT2D eigenvalue weighted by Gasteiger charge is -2.11. The molecule has 14 heavy (non-hydrogen) atoms. The van der Waals surface area contributed by atoms with Crippen molar-refractivity contribution in [3.63, 3.8) is 0 Å². The fraction of sp³-hybridized carbons (Fsp3) is 0.500. The van der Waals surface area contributed by atoms with Crippen LogP contribution in [0.2, 0.25) is 0 Å². The van der Waals surface area contributed by atoms with E-state index in [1.165, 1.54) is 5.75 Å². The second-order valence-electron chi connectivity index (χ2n) is 3.42. The number of aromatic nitrogens is 1. The quantitative estimate of drug-likeness (QED) is 0.783. The third-order valence-electron chi connectivity index (χ3n) is 1.87. The van der Waals surface area contributed by atoms with Crippen molar-refractivity contribution in [3.05, 3.63) is 18.3 Å². The van der Waals surface area contributed by atoms with Crippen LogP contribution in [0.4, 0.5) is 11.5 Å². The number of hydrogen-bond acceptors (Lipinski definition) is 4. The van der Waals surface area contributed by atoms with Crippen molar-refractivity contribution in [1.82, 2.24) is 4.98 Å². The number of nitrogens with one attached hydrogen (secondary N) is 1. The zero-order valence-electron chi connectivity index (χ0n) is 8.66. The number of anilines is 2. The van der Waals surface area contributed by atoms with Crippen LogP contribution < -0.4 is 11.1 Å². The van der Waals surface area contributed by atoms with E-state index < -0.39 is 0 Å². The van der Waals surface area contributed by atoms with Crippen LogP contribution in [0, 0.1) is 5.92 Å². The normalized spacial score (nSPS) is 12.4. The molecule has 0 aliphatic carbocycles. The van der Waals surface area contributed by atoms with Crippen LogP contribution in [0.15, 0.2) is 18.3 Å². The molecule has 0 fully saturated rings. The maximum absolute atomic E-state index is 5.54. The molecule has 0 amide bonds. The molecule has 1 aromatic rings. The Morgan fingerprint density at radius 1 is 1.57 bits per heavy atom. The van der Waals surface area contributed by atoms with Crippen molar-refractivity contribution in [2.75, 3.05) is 29.6 Å². The zero-order valence-corrected chi connectivity index (χ0v) is 9.47. The van der Waals surface area contributed by atoms with Crippen molar-refractivity contribution in [1.29, 1.82) is 0 Å². The van der Waals surface area contributed by atoms with Gasteiger partial charge in [-0.15, -0.1) is 0 Å². The summed E-state index contributed by atoms with van der Waals surface area (Å²) in [4.78, 5) is 4.17. The van der Waals surface area contributed by atoms with E-state index in [0.29, 0.717) is 11.6 Å². The van der Waals surface area contributed by atoms with E-state index in [1.54, 1.807) is 6.20 Å². The molecule has 4 heteroatoms. The Morgan fingerprint density at radius 2 is 2.36 bits per heavy atom. The van der Waals surface area contributed by atoms with Crippen molar-refractivity contribution in [2.45, 2.75) is 6.92 Å². The van der Waals surface area contributed by atoms with Gasteiger partial charge in [-0.3, -0.25) is 0 Å². The predicted molar refractivity (Wildman–Crippen MR) is 64.7 cm³/mol. The SMILES string of the molecule is CSCC(C)CNc1ccc(N)cn1. The first kappa shape index (κ1) is 11.2. The summed E-state index contributed by atoms with van der Waals surface area (Å²) in [5.74, 6) is 2.72. The standard InChI is InChI=1S/C10H17N3S/c1-8(7-14-2)5-12-10-4-3-9(11)6-13-10/h3-4,6,8H,5,7,11H2,1-2H3,(H,12,13). The lowest BCUT2D eigenvalue weighted by Crippen LogP contribution is -2.13. The molecule has 0 radical (unpaired) electrons. The number of thioether (sulfide) groups is 1. The lowest BCUT2D eigenvalue weighted by atomic mass is 10.2. The molecule has 0 aliphatic heterocycles. The van der Waals surface area contributed by atoms with Crippen LogP contribution in [-0.4, -0.2) is 23.5 Å². The van der Waals surface area contributed by atoms with Crippen molar-refractivity contribution in [2.24, 2.45) is 5.92 Å². The van der Waals surface area contributed by atoms with Gasteiger partial charge in [-0.1, -0.05) is 6.92 Å². The van der Waals surface area contributed by atoms with Gasteiger partial charge in [0.25, 0.3) is 0 Å². The zero-order chi connectivity index (χ0) is 10.4. The molecule has 3 nitrogen and oxygen atoms in total. The minimum Gasteiger partial charge on any atom is -0.397 e. The first-order valence-electron chi connectivity index (χ1n) is 4.66. The van der Waals surface area contributed by atoms with Gasteiger partial charge in [0.05, 0.1) is 11.9 Å². The Labute approximate surface area is 89.5 Å². The minimum absolute atomic E-state index is 0.657. The van der Waals surface area contributed by atoms with E-state index in [-0.39, 0.29) is 0 Å². The van der Waals surface area contributed by atoms with Crippen LogP contribution in [0.5, 0.6) is 0 Å². The van der Waals surface area contributed by atoms with E-state index in [9.17, 15) is 0 Å². The van der Waals surface area contributed by atoms with Gasteiger partial charge in [0.2, 0.25) is 0 Å². The fourth-order valence-electron chi connectivity index (χ4n) is 1.13. The van der Waals surface area contributed by atoms with Crippen LogP contribution >= 0.6 is 11.8 Å². The first-order chi connectivity index (χ1) is 6.72. The van der Waals surface area contributed by atoms with Crippen molar-refractivity contribution in [3.8, 4) is 0 Å². The number of hydrogen-bond donors (Lipinski definition) is 2. The van der Waals surface area contributed by atoms with Crippen molar-refractivity contribution >= 4 is 23.3 Å². The summed E-state index contributed by atoms with van der Waals surface area (Å²) in [5.41, 5.74) is 6.24. The number of nitrogens with two attached hydrogens (primary N) is 1. The summed E-state index contributed by atoms with van der Waals surface area (Å²) >= 11 is 1.87. The monoisotopic (exact) mass is 211 g/mol. The molecule has 0 spiro atoms. The Bertz CT molecular complexity index is 261. The van der Waals surface area contributed by atoms with E-state index in [1.807, 2.05) is 23.9 Å². The topological polar surface area (TPSA) is 50.9 Å². The summed E-state index contributed by atoms with van der Waals surface area (Å²) in [7, 11) is 0. The van der Waals surface area contributed by atoms with Gasteiger partial charge in [-0.25, -0.2) is 4.98 Å².